The smallest absolute Gasteiger partial charge is 0.150 e. The molecule has 0 spiro atoms. The van der Waals surface area contributed by atoms with E-state index in [0.717, 1.165) is 41.3 Å². The van der Waals surface area contributed by atoms with Crippen LogP contribution in [0.2, 0.25) is 0 Å². The zero-order valence-electron chi connectivity index (χ0n) is 20.5. The molecule has 2 aliphatic heterocycles. The fourth-order valence-electron chi connectivity index (χ4n) is 6.01. The lowest BCUT2D eigenvalue weighted by Gasteiger charge is -2.51. The van der Waals surface area contributed by atoms with Gasteiger partial charge in [0, 0.05) is 34.6 Å². The molecule has 3 heterocycles. The fourth-order valence-corrected chi connectivity index (χ4v) is 6.41. The van der Waals surface area contributed by atoms with Gasteiger partial charge < -0.3 is 4.74 Å². The predicted molar refractivity (Wildman–Crippen MR) is 134 cm³/mol. The second-order valence-corrected chi connectivity index (χ2v) is 11.6. The van der Waals surface area contributed by atoms with Gasteiger partial charge in [-0.05, 0) is 82.7 Å². The summed E-state index contributed by atoms with van der Waals surface area (Å²) in [4.78, 5) is 1.91. The average molecular weight is 550 g/mol. The van der Waals surface area contributed by atoms with E-state index in [0.29, 0.717) is 17.5 Å². The summed E-state index contributed by atoms with van der Waals surface area (Å²) < 4.78 is 54.3. The van der Waals surface area contributed by atoms with Crippen LogP contribution in [-0.2, 0) is 16.7 Å². The van der Waals surface area contributed by atoms with Gasteiger partial charge in [-0.2, -0.15) is 5.10 Å². The van der Waals surface area contributed by atoms with Crippen LogP contribution in [0.15, 0.2) is 34.9 Å². The van der Waals surface area contributed by atoms with Crippen LogP contribution in [0, 0.1) is 11.6 Å². The number of ether oxygens (including phenoxy) is 1. The molecule has 188 valence electrons. The molecule has 0 aliphatic carbocycles. The summed E-state index contributed by atoms with van der Waals surface area (Å²) in [6.45, 7) is 7.55. The van der Waals surface area contributed by atoms with E-state index in [2.05, 4.69) is 21.0 Å². The minimum absolute atomic E-state index is 0.0340. The Hall–Kier alpha value is -1.90. The number of rotatable bonds is 4. The number of alkyl halides is 1. The largest absolute Gasteiger partial charge is 0.356 e. The predicted octanol–water partition coefficient (Wildman–Crippen LogP) is 7.03. The third-order valence-electron chi connectivity index (χ3n) is 7.49. The topological polar surface area (TPSA) is 30.3 Å². The van der Waals surface area contributed by atoms with Crippen molar-refractivity contribution in [3.8, 4) is 0 Å². The number of nitrogens with zero attached hydrogens (tertiary/aromatic N) is 3. The van der Waals surface area contributed by atoms with Crippen molar-refractivity contribution < 1.29 is 17.9 Å². The third kappa shape index (κ3) is 4.21. The average Bonchev–Trinajstić information content (AvgIpc) is 3.21. The molecule has 8 heteroatoms. The lowest BCUT2D eigenvalue weighted by atomic mass is 9.73. The Balaban J connectivity index is 1.74. The summed E-state index contributed by atoms with van der Waals surface area (Å²) in [7, 11) is 0. The number of halogens is 4. The maximum Gasteiger partial charge on any atom is 0.150 e. The van der Waals surface area contributed by atoms with E-state index in [1.54, 1.807) is 0 Å². The van der Waals surface area contributed by atoms with Crippen LogP contribution < -0.4 is 0 Å². The van der Waals surface area contributed by atoms with E-state index in [1.165, 1.54) is 26.0 Å². The van der Waals surface area contributed by atoms with Crippen molar-refractivity contribution in [3.63, 3.8) is 0 Å². The Morgan fingerprint density at radius 3 is 2.54 bits per heavy atom. The molecular weight excluding hydrogens is 519 g/mol. The molecule has 35 heavy (non-hydrogen) atoms. The molecule has 3 atom stereocenters. The molecular formula is C27H31BrF3N3O. The second kappa shape index (κ2) is 8.89. The molecule has 3 aromatic rings. The number of hydrogen-bond donors (Lipinski definition) is 0. The summed E-state index contributed by atoms with van der Waals surface area (Å²) in [6, 6.07) is 6.28. The molecule has 0 radical (unpaired) electrons. The quantitative estimate of drug-likeness (QED) is 0.349. The zero-order chi connectivity index (χ0) is 25.1. The van der Waals surface area contributed by atoms with Gasteiger partial charge in [0.1, 0.15) is 17.3 Å². The van der Waals surface area contributed by atoms with Crippen LogP contribution in [-0.4, -0.2) is 39.5 Å². The van der Waals surface area contributed by atoms with Crippen LogP contribution in [0.25, 0.3) is 10.9 Å². The summed E-state index contributed by atoms with van der Waals surface area (Å²) in [5.74, 6) is -1.32. The summed E-state index contributed by atoms with van der Waals surface area (Å²) in [6.07, 6.45) is 5.37. The van der Waals surface area contributed by atoms with Crippen molar-refractivity contribution in [2.24, 2.45) is 0 Å². The van der Waals surface area contributed by atoms with Gasteiger partial charge >= 0.3 is 0 Å². The molecule has 0 N–H and O–H groups in total. The van der Waals surface area contributed by atoms with Crippen molar-refractivity contribution >= 4 is 26.8 Å². The molecule has 2 aromatic carbocycles. The Morgan fingerprint density at radius 2 is 1.91 bits per heavy atom. The van der Waals surface area contributed by atoms with Gasteiger partial charge in [0.15, 0.2) is 6.23 Å². The molecule has 1 aromatic heterocycles. The van der Waals surface area contributed by atoms with Crippen molar-refractivity contribution in [1.29, 1.82) is 0 Å². The Bertz CT molecular complexity index is 1240. The van der Waals surface area contributed by atoms with E-state index in [9.17, 15) is 0 Å². The standard InChI is InChI=1S/C27H31BrF3N3O/c1-16-11-18-19-14-32-34(24-7-5-6-10-35-24)23(19)9-8-20(18)27(4,33(16)15-26(2,3)31)25-21(29)12-17(28)13-22(25)30/h8-9,12-14,16,24H,5-7,10-11,15H2,1-4H3/t16-,24?,27-/m1/s1. The minimum atomic E-state index is -1.55. The minimum Gasteiger partial charge on any atom is -0.356 e. The van der Waals surface area contributed by atoms with E-state index in [1.807, 2.05) is 41.8 Å². The molecule has 5 rings (SSSR count). The van der Waals surface area contributed by atoms with Gasteiger partial charge in [-0.25, -0.2) is 17.9 Å². The summed E-state index contributed by atoms with van der Waals surface area (Å²) >= 11 is 3.19. The maximum absolute atomic E-state index is 15.5. The highest BCUT2D eigenvalue weighted by Gasteiger charge is 2.48. The van der Waals surface area contributed by atoms with E-state index >= 15 is 13.2 Å². The first-order valence-electron chi connectivity index (χ1n) is 12.2. The number of hydrogen-bond acceptors (Lipinski definition) is 3. The third-order valence-corrected chi connectivity index (χ3v) is 7.95. The van der Waals surface area contributed by atoms with E-state index < -0.39 is 22.8 Å². The Kier molecular flexibility index (Phi) is 6.29. The number of aromatic nitrogens is 2. The first-order valence-corrected chi connectivity index (χ1v) is 13.0. The number of benzene rings is 2. The lowest BCUT2D eigenvalue weighted by Crippen LogP contribution is -2.57. The van der Waals surface area contributed by atoms with Gasteiger partial charge in [0.25, 0.3) is 0 Å². The van der Waals surface area contributed by atoms with Crippen molar-refractivity contribution in [2.75, 3.05) is 13.2 Å². The Labute approximate surface area is 212 Å². The van der Waals surface area contributed by atoms with Gasteiger partial charge in [0.2, 0.25) is 0 Å². The van der Waals surface area contributed by atoms with E-state index in [-0.39, 0.29) is 24.4 Å². The maximum atomic E-state index is 15.5. The summed E-state index contributed by atoms with van der Waals surface area (Å²) in [5, 5.41) is 5.61. The first-order chi connectivity index (χ1) is 16.5. The Morgan fingerprint density at radius 1 is 1.20 bits per heavy atom. The van der Waals surface area contributed by atoms with Crippen LogP contribution in [0.1, 0.15) is 69.9 Å². The van der Waals surface area contributed by atoms with E-state index in [4.69, 9.17) is 4.74 Å². The second-order valence-electron chi connectivity index (χ2n) is 10.7. The molecule has 0 amide bonds. The number of fused-ring (bicyclic) bond motifs is 3. The molecule has 0 saturated carbocycles. The normalized spacial score (nSPS) is 25.7. The van der Waals surface area contributed by atoms with Crippen LogP contribution in [0.4, 0.5) is 13.2 Å². The molecule has 1 fully saturated rings. The summed E-state index contributed by atoms with van der Waals surface area (Å²) in [5.41, 5.74) is -0.127. The van der Waals surface area contributed by atoms with Crippen molar-refractivity contribution in [3.05, 3.63) is 63.3 Å². The van der Waals surface area contributed by atoms with Crippen molar-refractivity contribution in [2.45, 2.75) is 76.9 Å². The highest BCUT2D eigenvalue weighted by atomic mass is 79.9. The highest BCUT2D eigenvalue weighted by molar-refractivity contribution is 9.10. The monoisotopic (exact) mass is 549 g/mol. The van der Waals surface area contributed by atoms with Gasteiger partial charge in [0.05, 0.1) is 17.3 Å². The van der Waals surface area contributed by atoms with Crippen LogP contribution in [0.5, 0.6) is 0 Å². The SMILES string of the molecule is C[C@@H]1Cc2c(ccc3c2cnn3C2CCCCO2)[C@](C)(c2c(F)cc(Br)cc2F)N1CC(C)(C)F. The van der Waals surface area contributed by atoms with Gasteiger partial charge in [-0.3, -0.25) is 4.90 Å². The molecule has 1 unspecified atom stereocenters. The lowest BCUT2D eigenvalue weighted by molar-refractivity contribution is -0.0366. The van der Waals surface area contributed by atoms with Crippen LogP contribution >= 0.6 is 15.9 Å². The van der Waals surface area contributed by atoms with Crippen LogP contribution in [0.3, 0.4) is 0 Å². The van der Waals surface area contributed by atoms with Gasteiger partial charge in [-0.15, -0.1) is 0 Å². The van der Waals surface area contributed by atoms with Crippen molar-refractivity contribution in [1.82, 2.24) is 14.7 Å². The molecule has 0 bridgehead atoms. The first kappa shape index (κ1) is 24.8. The molecule has 2 aliphatic rings. The molecule has 1 saturated heterocycles. The molecule has 4 nitrogen and oxygen atoms in total. The zero-order valence-corrected chi connectivity index (χ0v) is 22.1. The highest BCUT2D eigenvalue weighted by Crippen LogP contribution is 2.48. The fraction of sp³-hybridized carbons (Fsp3) is 0.519. The van der Waals surface area contributed by atoms with Gasteiger partial charge in [-0.1, -0.05) is 22.0 Å².